The first-order valence-corrected chi connectivity index (χ1v) is 25.3. The smallest absolute Gasteiger partial charge is 0.330 e. The van der Waals surface area contributed by atoms with Crippen LogP contribution in [0.15, 0.2) is 77.0 Å². The number of carboxylic acids is 1. The van der Waals surface area contributed by atoms with E-state index in [4.69, 9.17) is 19.4 Å². The highest BCUT2D eigenvalue weighted by Gasteiger charge is 2.61. The molecule has 67 heavy (non-hydrogen) atoms. The molecule has 1 aliphatic carbocycles. The molecule has 6 atom stereocenters. The van der Waals surface area contributed by atoms with Crippen LogP contribution in [0.25, 0.3) is 22.3 Å². The highest BCUT2D eigenvalue weighted by Crippen LogP contribution is 2.46. The number of sulfonamides is 1. The number of hydrogen-bond donors (Lipinski definition) is 4. The summed E-state index contributed by atoms with van der Waals surface area (Å²) in [5, 5.41) is 22.9. The summed E-state index contributed by atoms with van der Waals surface area (Å²) >= 11 is 1.45. The maximum atomic E-state index is 15.0. The summed E-state index contributed by atoms with van der Waals surface area (Å²) in [6.45, 7) is 9.91. The van der Waals surface area contributed by atoms with Crippen molar-refractivity contribution in [3.05, 3.63) is 72.1 Å². The Balaban J connectivity index is 1.18. The number of aromatic nitrogens is 2. The van der Waals surface area contributed by atoms with Crippen LogP contribution in [0, 0.1) is 17.3 Å². The minimum absolute atomic E-state index is 0.0338. The third-order valence-electron chi connectivity index (χ3n) is 13.0. The van der Waals surface area contributed by atoms with E-state index in [2.05, 4.69) is 16.0 Å². The third-order valence-corrected chi connectivity index (χ3v) is 15.6. The van der Waals surface area contributed by atoms with Crippen LogP contribution in [-0.2, 0) is 29.2 Å². The number of nitrogens with zero attached hydrogens (tertiary/aromatic N) is 4. The summed E-state index contributed by atoms with van der Waals surface area (Å²) in [6.07, 6.45) is 6.39. The van der Waals surface area contributed by atoms with Gasteiger partial charge in [-0.3, -0.25) is 14.4 Å². The van der Waals surface area contributed by atoms with E-state index in [1.807, 2.05) is 58.2 Å². The number of nitrogens with one attached hydrogen (secondary N) is 3. The monoisotopic (exact) mass is 957 g/mol. The van der Waals surface area contributed by atoms with E-state index in [1.54, 1.807) is 43.5 Å². The summed E-state index contributed by atoms with van der Waals surface area (Å²) in [4.78, 5) is 67.7. The second-order valence-electron chi connectivity index (χ2n) is 19.3. The number of hydrogen-bond acceptors (Lipinski definition) is 12. The Morgan fingerprint density at radius 1 is 1.06 bits per heavy atom. The fourth-order valence-electron chi connectivity index (χ4n) is 8.87. The molecule has 2 aromatic heterocycles. The van der Waals surface area contributed by atoms with Crippen LogP contribution in [0.5, 0.6) is 11.5 Å². The fourth-order valence-corrected chi connectivity index (χ4v) is 11.0. The molecule has 0 bridgehead atoms. The lowest BCUT2D eigenvalue weighted by molar-refractivity contribution is -0.146. The Bertz CT molecular complexity index is 2600. The average Bonchev–Trinajstić information content (AvgIpc) is 3.54. The predicted octanol–water partition coefficient (Wildman–Crippen LogP) is 6.87. The Morgan fingerprint density at radius 3 is 2.52 bits per heavy atom. The molecule has 1 saturated heterocycles. The molecule has 0 spiro atoms. The molecule has 0 radical (unpaired) electrons. The molecule has 1 unspecified atom stereocenters. The van der Waals surface area contributed by atoms with Crippen molar-refractivity contribution in [2.75, 3.05) is 32.6 Å². The maximum Gasteiger partial charge on any atom is 0.330 e. The summed E-state index contributed by atoms with van der Waals surface area (Å²) in [7, 11) is -0.782. The molecular formula is C49H63N7O9S2. The molecule has 18 heteroatoms. The van der Waals surface area contributed by atoms with Crippen LogP contribution in [0.1, 0.15) is 86.0 Å². The quantitative estimate of drug-likeness (QED) is 0.0955. The summed E-state index contributed by atoms with van der Waals surface area (Å²) < 4.78 is 40.6. The second-order valence-corrected chi connectivity index (χ2v) is 22.2. The standard InChI is InChI=1S/C49H63N7O9S2/c1-30(2)50-47-53-40(29-66-47)39-25-42(36-21-20-33(64-7)23-38(36)51-39)65-34-24-41-44(58)54-49(46(60)61)26-31(49)16-12-9-8-10-15-19-37(45(59)56(41)28-34)52-43(57)22-32(48(3,4)5)27-55(6)67(62,63)35-17-13-11-14-18-35/h11-14,16-18,20-21,23,25,29-32,34,37,41H,8-10,15,19,22,24,26-28H2,1-7H3,(H,50,53)(H,52,57)(H,54,58)(H,60,61)/b16-12-/t31?,32-,34-,37+,41+,49-/m1/s1. The van der Waals surface area contributed by atoms with Crippen molar-refractivity contribution in [3.8, 4) is 22.9 Å². The van der Waals surface area contributed by atoms with Gasteiger partial charge in [0, 0.05) is 61.3 Å². The van der Waals surface area contributed by atoms with Crippen molar-refractivity contribution in [2.24, 2.45) is 17.3 Å². The Labute approximate surface area is 397 Å². The van der Waals surface area contributed by atoms with Gasteiger partial charge in [0.25, 0.3) is 0 Å². The topological polar surface area (TPSA) is 209 Å². The van der Waals surface area contributed by atoms with E-state index in [1.165, 1.54) is 39.7 Å². The molecule has 3 aliphatic rings. The molecule has 1 saturated carbocycles. The molecule has 4 heterocycles. The van der Waals surface area contributed by atoms with Gasteiger partial charge in [0.1, 0.15) is 40.9 Å². The van der Waals surface area contributed by atoms with E-state index in [0.29, 0.717) is 46.6 Å². The average molecular weight is 958 g/mol. The van der Waals surface area contributed by atoms with Crippen LogP contribution in [0.4, 0.5) is 5.13 Å². The first kappa shape index (κ1) is 49.3. The molecule has 7 rings (SSSR count). The lowest BCUT2D eigenvalue weighted by Crippen LogP contribution is -2.56. The highest BCUT2D eigenvalue weighted by atomic mass is 32.2. The molecule has 2 aromatic carbocycles. The number of ether oxygens (including phenoxy) is 2. The molecule has 4 aromatic rings. The van der Waals surface area contributed by atoms with Crippen molar-refractivity contribution in [2.45, 2.75) is 121 Å². The van der Waals surface area contributed by atoms with Crippen LogP contribution >= 0.6 is 11.3 Å². The molecule has 2 fully saturated rings. The zero-order valence-electron chi connectivity index (χ0n) is 39.3. The fraction of sp³-hybridized carbons (Fsp3) is 0.510. The van der Waals surface area contributed by atoms with Crippen molar-refractivity contribution >= 4 is 61.1 Å². The van der Waals surface area contributed by atoms with Gasteiger partial charge in [0.05, 0.1) is 29.8 Å². The number of benzene rings is 2. The second kappa shape index (κ2) is 20.3. The largest absolute Gasteiger partial charge is 0.497 e. The van der Waals surface area contributed by atoms with E-state index in [-0.39, 0.29) is 49.7 Å². The number of fused-ring (bicyclic) bond motifs is 3. The maximum absolute atomic E-state index is 15.0. The minimum atomic E-state index is -3.85. The SMILES string of the molecule is COc1ccc2c(O[C@@H]3C[C@H]4C(=O)N[C@]5(C(=O)O)CC5/C=C\CCCCC[C@H](NC(=O)C[C@H](CN(C)S(=O)(=O)c5ccccc5)C(C)(C)C)C(=O)N4C3)cc(-c3csc(NC(C)C)n3)nc2c1. The summed E-state index contributed by atoms with van der Waals surface area (Å²) in [5.41, 5.74) is -0.266. The molecule has 4 N–H and O–H groups in total. The van der Waals surface area contributed by atoms with Crippen LogP contribution in [0.3, 0.4) is 0 Å². The summed E-state index contributed by atoms with van der Waals surface area (Å²) in [6, 6.07) is 13.4. The van der Waals surface area contributed by atoms with Crippen molar-refractivity contribution in [1.29, 1.82) is 0 Å². The van der Waals surface area contributed by atoms with E-state index in [0.717, 1.165) is 18.0 Å². The lowest BCUT2D eigenvalue weighted by atomic mass is 9.78. The van der Waals surface area contributed by atoms with E-state index in [9.17, 15) is 27.9 Å². The van der Waals surface area contributed by atoms with Crippen LogP contribution < -0.4 is 25.4 Å². The molecule has 3 amide bonds. The third kappa shape index (κ3) is 11.4. The highest BCUT2D eigenvalue weighted by molar-refractivity contribution is 7.89. The number of carbonyl (C=O) groups is 4. The lowest BCUT2D eigenvalue weighted by Gasteiger charge is -2.34. The van der Waals surface area contributed by atoms with Gasteiger partial charge in [-0.15, -0.1) is 11.3 Å². The molecule has 2 aliphatic heterocycles. The van der Waals surface area contributed by atoms with Crippen LogP contribution in [-0.4, -0.2) is 113 Å². The number of aliphatic carboxylic acids is 1. The number of thiazole rings is 1. The van der Waals surface area contributed by atoms with E-state index < -0.39 is 74.7 Å². The zero-order chi connectivity index (χ0) is 48.3. The van der Waals surface area contributed by atoms with Crippen molar-refractivity contribution in [1.82, 2.24) is 29.8 Å². The Morgan fingerprint density at radius 2 is 1.82 bits per heavy atom. The summed E-state index contributed by atoms with van der Waals surface area (Å²) in [5.74, 6) is -2.49. The van der Waals surface area contributed by atoms with E-state index >= 15 is 4.79 Å². The number of allylic oxidation sites excluding steroid dienone is 1. The number of pyridine rings is 1. The first-order valence-electron chi connectivity index (χ1n) is 23.0. The first-order chi connectivity index (χ1) is 31.8. The van der Waals surface area contributed by atoms with Gasteiger partial charge < -0.3 is 35.4 Å². The normalized spacial score (nSPS) is 23.6. The number of methoxy groups -OCH3 is 1. The van der Waals surface area contributed by atoms with Crippen molar-refractivity contribution in [3.63, 3.8) is 0 Å². The number of anilines is 1. The van der Waals surface area contributed by atoms with Gasteiger partial charge in [-0.05, 0) is 75.1 Å². The molecule has 16 nitrogen and oxygen atoms in total. The minimum Gasteiger partial charge on any atom is -0.497 e. The molecular weight excluding hydrogens is 895 g/mol. The van der Waals surface area contributed by atoms with Gasteiger partial charge in [0.15, 0.2) is 5.13 Å². The Kier molecular flexibility index (Phi) is 15.0. The number of amides is 3. The Hall–Kier alpha value is -5.59. The predicted molar refractivity (Wildman–Crippen MR) is 257 cm³/mol. The number of carboxylic acid groups (broad SMARTS) is 1. The van der Waals surface area contributed by atoms with Gasteiger partial charge in [-0.25, -0.2) is 27.5 Å². The van der Waals surface area contributed by atoms with Crippen molar-refractivity contribution < 1.29 is 42.2 Å². The van der Waals surface area contributed by atoms with Gasteiger partial charge >= 0.3 is 5.97 Å². The van der Waals surface area contributed by atoms with Gasteiger partial charge in [0.2, 0.25) is 27.7 Å². The van der Waals surface area contributed by atoms with Gasteiger partial charge in [-0.1, -0.05) is 64.0 Å². The van der Waals surface area contributed by atoms with Crippen LogP contribution in [0.2, 0.25) is 0 Å². The molecule has 360 valence electrons. The number of carbonyl (C=O) groups excluding carboxylic acids is 3. The number of rotatable bonds is 14. The zero-order valence-corrected chi connectivity index (χ0v) is 40.9. The van der Waals surface area contributed by atoms with Gasteiger partial charge in [-0.2, -0.15) is 0 Å².